The molecule has 0 atom stereocenters. The van der Waals surface area contributed by atoms with E-state index in [-0.39, 0.29) is 17.7 Å². The van der Waals surface area contributed by atoms with Gasteiger partial charge in [-0.2, -0.15) is 4.98 Å². The van der Waals surface area contributed by atoms with Crippen LogP contribution in [-0.4, -0.2) is 48.5 Å². The number of anilines is 3. The molecule has 0 spiro atoms. The highest BCUT2D eigenvalue weighted by Gasteiger charge is 2.22. The predicted molar refractivity (Wildman–Crippen MR) is 133 cm³/mol. The topological polar surface area (TPSA) is 99.2 Å². The number of carbonyl (C=O) groups excluding carboxylic acids is 2. The number of aromatic nitrogens is 2. The Morgan fingerprint density at radius 2 is 1.88 bits per heavy atom. The molecule has 2 aromatic rings. The maximum atomic E-state index is 12.6. The molecule has 0 bridgehead atoms. The minimum atomic E-state index is -0.111. The SMILES string of the molecule is Cc1cnc(NC2CCC(CNC(=O)c3cccc(NC(=O)C(C)C)c3)CC2)nc1N(C)C. The Bertz CT molecular complexity index is 967. The average Bonchev–Trinajstić information content (AvgIpc) is 2.79. The van der Waals surface area contributed by atoms with Crippen LogP contribution in [0.2, 0.25) is 0 Å². The molecular formula is C25H36N6O2. The molecule has 0 saturated heterocycles. The third-order valence-electron chi connectivity index (χ3n) is 6.02. The van der Waals surface area contributed by atoms with Crippen molar-refractivity contribution in [3.63, 3.8) is 0 Å². The van der Waals surface area contributed by atoms with Crippen LogP contribution >= 0.6 is 0 Å². The van der Waals surface area contributed by atoms with Crippen LogP contribution in [0.4, 0.5) is 17.5 Å². The largest absolute Gasteiger partial charge is 0.362 e. The van der Waals surface area contributed by atoms with E-state index in [0.29, 0.717) is 35.7 Å². The lowest BCUT2D eigenvalue weighted by atomic mass is 9.86. The number of carbonyl (C=O) groups is 2. The summed E-state index contributed by atoms with van der Waals surface area (Å²) < 4.78 is 0. The van der Waals surface area contributed by atoms with Crippen molar-refractivity contribution >= 4 is 29.3 Å². The normalized spacial score (nSPS) is 18.0. The second kappa shape index (κ2) is 11.1. The Morgan fingerprint density at radius 1 is 1.15 bits per heavy atom. The van der Waals surface area contributed by atoms with E-state index in [0.717, 1.165) is 37.1 Å². The molecule has 3 N–H and O–H groups in total. The Hall–Kier alpha value is -3.16. The lowest BCUT2D eigenvalue weighted by Gasteiger charge is -2.29. The molecule has 1 aliphatic rings. The molecule has 8 heteroatoms. The molecule has 33 heavy (non-hydrogen) atoms. The zero-order valence-electron chi connectivity index (χ0n) is 20.3. The van der Waals surface area contributed by atoms with Crippen LogP contribution < -0.4 is 20.9 Å². The Balaban J connectivity index is 1.46. The van der Waals surface area contributed by atoms with Gasteiger partial charge >= 0.3 is 0 Å². The van der Waals surface area contributed by atoms with E-state index in [4.69, 9.17) is 0 Å². The number of amides is 2. The first-order valence-corrected chi connectivity index (χ1v) is 11.7. The summed E-state index contributed by atoms with van der Waals surface area (Å²) in [5, 5.41) is 9.37. The van der Waals surface area contributed by atoms with E-state index in [1.165, 1.54) is 0 Å². The van der Waals surface area contributed by atoms with E-state index >= 15 is 0 Å². The van der Waals surface area contributed by atoms with Gasteiger partial charge in [0.15, 0.2) is 0 Å². The van der Waals surface area contributed by atoms with Crippen LogP contribution in [0.5, 0.6) is 0 Å². The standard InChI is InChI=1S/C25H36N6O2/c1-16(2)23(32)28-21-8-6-7-19(13-21)24(33)26-15-18-9-11-20(12-10-18)29-25-27-14-17(3)22(30-25)31(4)5/h6-8,13-14,16,18,20H,9-12,15H2,1-5H3,(H,26,33)(H,28,32)(H,27,29,30). The molecule has 8 nitrogen and oxygen atoms in total. The summed E-state index contributed by atoms with van der Waals surface area (Å²) >= 11 is 0. The van der Waals surface area contributed by atoms with Gasteiger partial charge in [-0.1, -0.05) is 19.9 Å². The fraction of sp³-hybridized carbons (Fsp3) is 0.520. The summed E-state index contributed by atoms with van der Waals surface area (Å²) in [7, 11) is 3.97. The van der Waals surface area contributed by atoms with Crippen molar-refractivity contribution in [3.8, 4) is 0 Å². The van der Waals surface area contributed by atoms with Crippen molar-refractivity contribution in [2.24, 2.45) is 11.8 Å². The summed E-state index contributed by atoms with van der Waals surface area (Å²) in [6.45, 7) is 6.34. The Morgan fingerprint density at radius 3 is 2.55 bits per heavy atom. The van der Waals surface area contributed by atoms with Gasteiger partial charge in [-0.15, -0.1) is 0 Å². The van der Waals surface area contributed by atoms with Gasteiger partial charge < -0.3 is 20.9 Å². The summed E-state index contributed by atoms with van der Waals surface area (Å²) in [5.74, 6) is 1.76. The second-order valence-electron chi connectivity index (χ2n) is 9.39. The van der Waals surface area contributed by atoms with Crippen LogP contribution in [-0.2, 0) is 4.79 Å². The van der Waals surface area contributed by atoms with Crippen molar-refractivity contribution < 1.29 is 9.59 Å². The predicted octanol–water partition coefficient (Wildman–Crippen LogP) is 3.85. The van der Waals surface area contributed by atoms with E-state index in [1.807, 2.05) is 46.0 Å². The molecule has 0 aliphatic heterocycles. The summed E-state index contributed by atoms with van der Waals surface area (Å²) in [5.41, 5.74) is 2.25. The molecule has 1 heterocycles. The molecule has 0 radical (unpaired) electrons. The molecule has 0 unspecified atom stereocenters. The zero-order valence-corrected chi connectivity index (χ0v) is 20.3. The third-order valence-corrected chi connectivity index (χ3v) is 6.02. The number of aryl methyl sites for hydroxylation is 1. The molecule has 3 rings (SSSR count). The molecule has 2 amide bonds. The molecule has 1 fully saturated rings. The molecule has 1 saturated carbocycles. The first-order valence-electron chi connectivity index (χ1n) is 11.7. The van der Waals surface area contributed by atoms with Crippen molar-refractivity contribution in [1.29, 1.82) is 0 Å². The number of nitrogens with zero attached hydrogens (tertiary/aromatic N) is 3. The van der Waals surface area contributed by atoms with Crippen LogP contribution in [0.15, 0.2) is 30.5 Å². The van der Waals surface area contributed by atoms with E-state index in [1.54, 1.807) is 24.3 Å². The summed E-state index contributed by atoms with van der Waals surface area (Å²) in [6, 6.07) is 7.42. The summed E-state index contributed by atoms with van der Waals surface area (Å²) in [6.07, 6.45) is 5.97. The lowest BCUT2D eigenvalue weighted by molar-refractivity contribution is -0.118. The lowest BCUT2D eigenvalue weighted by Crippen LogP contribution is -2.34. The smallest absolute Gasteiger partial charge is 0.251 e. The second-order valence-corrected chi connectivity index (χ2v) is 9.39. The van der Waals surface area contributed by atoms with Gasteiger partial charge in [0, 0.05) is 55.6 Å². The molecular weight excluding hydrogens is 416 g/mol. The van der Waals surface area contributed by atoms with Gasteiger partial charge in [0.25, 0.3) is 5.91 Å². The van der Waals surface area contributed by atoms with Gasteiger partial charge in [-0.3, -0.25) is 9.59 Å². The fourth-order valence-electron chi connectivity index (χ4n) is 4.01. The van der Waals surface area contributed by atoms with E-state index in [2.05, 4.69) is 25.9 Å². The Labute approximate surface area is 196 Å². The van der Waals surface area contributed by atoms with Gasteiger partial charge in [-0.05, 0) is 56.7 Å². The number of rotatable bonds is 8. The highest BCUT2D eigenvalue weighted by Crippen LogP contribution is 2.26. The third kappa shape index (κ3) is 6.91. The van der Waals surface area contributed by atoms with Gasteiger partial charge in [0.2, 0.25) is 11.9 Å². The van der Waals surface area contributed by atoms with Crippen LogP contribution in [0.1, 0.15) is 55.5 Å². The summed E-state index contributed by atoms with van der Waals surface area (Å²) in [4.78, 5) is 35.6. The monoisotopic (exact) mass is 452 g/mol. The fourth-order valence-corrected chi connectivity index (χ4v) is 4.01. The number of hydrogen-bond donors (Lipinski definition) is 3. The maximum absolute atomic E-state index is 12.6. The first-order chi connectivity index (χ1) is 15.7. The number of benzene rings is 1. The first kappa shape index (κ1) is 24.5. The minimum Gasteiger partial charge on any atom is -0.362 e. The average molecular weight is 453 g/mol. The quantitative estimate of drug-likeness (QED) is 0.563. The van der Waals surface area contributed by atoms with Crippen LogP contribution in [0.3, 0.4) is 0 Å². The number of nitrogens with one attached hydrogen (secondary N) is 3. The van der Waals surface area contributed by atoms with Crippen LogP contribution in [0.25, 0.3) is 0 Å². The molecule has 1 aromatic carbocycles. The van der Waals surface area contributed by atoms with Gasteiger partial charge in [-0.25, -0.2) is 4.98 Å². The highest BCUT2D eigenvalue weighted by atomic mass is 16.2. The van der Waals surface area contributed by atoms with Crippen molar-refractivity contribution in [1.82, 2.24) is 15.3 Å². The van der Waals surface area contributed by atoms with E-state index in [9.17, 15) is 9.59 Å². The van der Waals surface area contributed by atoms with Crippen LogP contribution in [0, 0.1) is 18.8 Å². The molecule has 1 aromatic heterocycles. The number of hydrogen-bond acceptors (Lipinski definition) is 6. The highest BCUT2D eigenvalue weighted by molar-refractivity contribution is 5.97. The molecule has 178 valence electrons. The molecule has 1 aliphatic carbocycles. The minimum absolute atomic E-state index is 0.0631. The Kier molecular flexibility index (Phi) is 8.25. The van der Waals surface area contributed by atoms with Gasteiger partial charge in [0.1, 0.15) is 5.82 Å². The van der Waals surface area contributed by atoms with Crippen molar-refractivity contribution in [2.45, 2.75) is 52.5 Å². The maximum Gasteiger partial charge on any atom is 0.251 e. The van der Waals surface area contributed by atoms with E-state index < -0.39 is 0 Å². The van der Waals surface area contributed by atoms with Crippen molar-refractivity contribution in [2.75, 3.05) is 36.2 Å². The van der Waals surface area contributed by atoms with Gasteiger partial charge in [0.05, 0.1) is 0 Å². The zero-order chi connectivity index (χ0) is 24.0. The van der Waals surface area contributed by atoms with Crippen molar-refractivity contribution in [3.05, 3.63) is 41.6 Å².